The molecule has 1 aromatic rings. The molecule has 0 radical (unpaired) electrons. The van der Waals surface area contributed by atoms with Crippen molar-refractivity contribution in [3.8, 4) is 0 Å². The molecule has 2 rings (SSSR count). The Kier molecular flexibility index (Phi) is 3.94. The molecule has 1 aliphatic rings. The fraction of sp³-hybridized carbons (Fsp3) is 0.615. The molecule has 94 valence electrons. The number of hydrogen-bond acceptors (Lipinski definition) is 3. The number of nitrogens with zero attached hydrogens (tertiary/aromatic N) is 2. The van der Waals surface area contributed by atoms with Gasteiger partial charge in [0, 0.05) is 25.7 Å². The van der Waals surface area contributed by atoms with Gasteiger partial charge < -0.3 is 10.2 Å². The van der Waals surface area contributed by atoms with Crippen LogP contribution in [0.1, 0.15) is 24.8 Å². The van der Waals surface area contributed by atoms with Crippen LogP contribution in [0.5, 0.6) is 0 Å². The number of anilines is 1. The maximum Gasteiger partial charge on any atom is 0.141 e. The third kappa shape index (κ3) is 2.94. The van der Waals surface area contributed by atoms with E-state index < -0.39 is 0 Å². The molecule has 0 amide bonds. The largest absolute Gasteiger partial charge is 0.359 e. The average molecular weight is 237 g/mol. The monoisotopic (exact) mass is 237 g/mol. The van der Waals surface area contributed by atoms with Gasteiger partial charge in [-0.2, -0.15) is 0 Å². The van der Waals surface area contributed by atoms with Crippen molar-refractivity contribution in [1.29, 1.82) is 0 Å². The van der Waals surface area contributed by atoms with Gasteiger partial charge in [-0.3, -0.25) is 0 Å². The van der Waals surface area contributed by atoms with Crippen molar-refractivity contribution in [2.45, 2.75) is 25.8 Å². The van der Waals surface area contributed by atoms with Crippen molar-refractivity contribution in [3.05, 3.63) is 23.6 Å². The van der Waals surface area contributed by atoms with Gasteiger partial charge in [0.15, 0.2) is 0 Å². The summed E-state index contributed by atoms with van der Waals surface area (Å²) >= 11 is 0. The number of halogens is 1. The molecule has 1 N–H and O–H groups in total. The lowest BCUT2D eigenvalue weighted by Crippen LogP contribution is -2.31. The summed E-state index contributed by atoms with van der Waals surface area (Å²) in [5.41, 5.74) is 0.925. The predicted molar refractivity (Wildman–Crippen MR) is 67.6 cm³/mol. The lowest BCUT2D eigenvalue weighted by atomic mass is 9.85. The maximum absolute atomic E-state index is 13.2. The molecule has 1 aromatic heterocycles. The van der Waals surface area contributed by atoms with E-state index in [1.54, 1.807) is 6.07 Å². The summed E-state index contributed by atoms with van der Waals surface area (Å²) in [6.45, 7) is 1.67. The highest BCUT2D eigenvalue weighted by atomic mass is 19.1. The SMILES string of the molecule is CNCc1cc(F)cnc1N(C)CC1CCC1. The molecule has 1 fully saturated rings. The van der Waals surface area contributed by atoms with Gasteiger partial charge in [-0.1, -0.05) is 6.42 Å². The van der Waals surface area contributed by atoms with Crippen LogP contribution >= 0.6 is 0 Å². The summed E-state index contributed by atoms with van der Waals surface area (Å²) < 4.78 is 13.2. The molecule has 1 heterocycles. The lowest BCUT2D eigenvalue weighted by molar-refractivity contribution is 0.321. The van der Waals surface area contributed by atoms with E-state index in [0.29, 0.717) is 6.54 Å². The Bertz CT molecular complexity index is 377. The molecule has 1 aliphatic carbocycles. The number of aromatic nitrogens is 1. The highest BCUT2D eigenvalue weighted by Gasteiger charge is 2.20. The van der Waals surface area contributed by atoms with Crippen LogP contribution in [0.25, 0.3) is 0 Å². The zero-order valence-corrected chi connectivity index (χ0v) is 10.5. The van der Waals surface area contributed by atoms with Crippen LogP contribution in [0.3, 0.4) is 0 Å². The van der Waals surface area contributed by atoms with E-state index in [4.69, 9.17) is 0 Å². The second kappa shape index (κ2) is 5.45. The number of nitrogens with one attached hydrogen (secondary N) is 1. The maximum atomic E-state index is 13.2. The Morgan fingerprint density at radius 1 is 1.53 bits per heavy atom. The number of rotatable bonds is 5. The zero-order valence-electron chi connectivity index (χ0n) is 10.5. The van der Waals surface area contributed by atoms with E-state index in [9.17, 15) is 4.39 Å². The minimum Gasteiger partial charge on any atom is -0.359 e. The van der Waals surface area contributed by atoms with Crippen LogP contribution in [0, 0.1) is 11.7 Å². The summed E-state index contributed by atoms with van der Waals surface area (Å²) in [7, 11) is 3.90. The third-order valence-corrected chi connectivity index (χ3v) is 3.40. The first-order valence-corrected chi connectivity index (χ1v) is 6.21. The van der Waals surface area contributed by atoms with Crippen LogP contribution in [-0.4, -0.2) is 25.6 Å². The van der Waals surface area contributed by atoms with Gasteiger partial charge in [-0.05, 0) is 31.9 Å². The van der Waals surface area contributed by atoms with Gasteiger partial charge in [0.05, 0.1) is 6.20 Å². The van der Waals surface area contributed by atoms with Gasteiger partial charge >= 0.3 is 0 Å². The van der Waals surface area contributed by atoms with E-state index in [2.05, 4.69) is 15.2 Å². The molecule has 0 bridgehead atoms. The number of pyridine rings is 1. The van der Waals surface area contributed by atoms with Crippen LogP contribution in [0.4, 0.5) is 10.2 Å². The van der Waals surface area contributed by atoms with Crippen LogP contribution in [0.15, 0.2) is 12.3 Å². The molecule has 0 unspecified atom stereocenters. The minimum atomic E-state index is -0.268. The van der Waals surface area contributed by atoms with E-state index in [1.165, 1.54) is 25.5 Å². The van der Waals surface area contributed by atoms with Gasteiger partial charge in [0.2, 0.25) is 0 Å². The summed E-state index contributed by atoms with van der Waals surface area (Å²) in [4.78, 5) is 6.37. The molecular formula is C13H20FN3. The summed E-state index contributed by atoms with van der Waals surface area (Å²) in [5, 5.41) is 3.05. The molecule has 0 saturated heterocycles. The average Bonchev–Trinajstić information content (AvgIpc) is 2.24. The van der Waals surface area contributed by atoms with Crippen molar-refractivity contribution in [3.63, 3.8) is 0 Å². The van der Waals surface area contributed by atoms with E-state index >= 15 is 0 Å². The Morgan fingerprint density at radius 2 is 2.29 bits per heavy atom. The molecule has 0 spiro atoms. The molecule has 1 saturated carbocycles. The third-order valence-electron chi connectivity index (χ3n) is 3.40. The highest BCUT2D eigenvalue weighted by Crippen LogP contribution is 2.28. The molecule has 0 atom stereocenters. The first-order chi connectivity index (χ1) is 8.20. The van der Waals surface area contributed by atoms with Crippen molar-refractivity contribution < 1.29 is 4.39 Å². The summed E-state index contributed by atoms with van der Waals surface area (Å²) in [5.74, 6) is 1.41. The quantitative estimate of drug-likeness (QED) is 0.850. The topological polar surface area (TPSA) is 28.2 Å². The van der Waals surface area contributed by atoms with Crippen molar-refractivity contribution in [1.82, 2.24) is 10.3 Å². The minimum absolute atomic E-state index is 0.268. The first-order valence-electron chi connectivity index (χ1n) is 6.21. The smallest absolute Gasteiger partial charge is 0.141 e. The molecule has 4 heteroatoms. The normalized spacial score (nSPS) is 15.7. The Morgan fingerprint density at radius 3 is 2.88 bits per heavy atom. The van der Waals surface area contributed by atoms with Crippen LogP contribution in [-0.2, 0) is 6.54 Å². The van der Waals surface area contributed by atoms with Crippen molar-refractivity contribution in [2.24, 2.45) is 5.92 Å². The van der Waals surface area contributed by atoms with Crippen LogP contribution in [0.2, 0.25) is 0 Å². The second-order valence-corrected chi connectivity index (χ2v) is 4.84. The van der Waals surface area contributed by atoms with Gasteiger partial charge in [0.1, 0.15) is 11.6 Å². The molecule has 0 aliphatic heterocycles. The lowest BCUT2D eigenvalue weighted by Gasteiger charge is -2.31. The van der Waals surface area contributed by atoms with E-state index in [0.717, 1.165) is 23.8 Å². The first kappa shape index (κ1) is 12.3. The summed E-state index contributed by atoms with van der Waals surface area (Å²) in [6.07, 6.45) is 5.27. The van der Waals surface area contributed by atoms with Crippen LogP contribution < -0.4 is 10.2 Å². The zero-order chi connectivity index (χ0) is 12.3. The molecular weight excluding hydrogens is 217 g/mol. The molecule has 3 nitrogen and oxygen atoms in total. The van der Waals surface area contributed by atoms with Crippen molar-refractivity contribution in [2.75, 3.05) is 25.5 Å². The van der Waals surface area contributed by atoms with Crippen molar-refractivity contribution >= 4 is 5.82 Å². The molecule has 17 heavy (non-hydrogen) atoms. The fourth-order valence-electron chi connectivity index (χ4n) is 2.29. The Labute approximate surface area is 102 Å². The van der Waals surface area contributed by atoms with Gasteiger partial charge in [-0.25, -0.2) is 9.37 Å². The Balaban J connectivity index is 2.11. The fourth-order valence-corrected chi connectivity index (χ4v) is 2.29. The predicted octanol–water partition coefficient (Wildman–Crippen LogP) is 2.18. The second-order valence-electron chi connectivity index (χ2n) is 4.84. The van der Waals surface area contributed by atoms with Gasteiger partial charge in [0.25, 0.3) is 0 Å². The highest BCUT2D eigenvalue weighted by molar-refractivity contribution is 5.46. The van der Waals surface area contributed by atoms with E-state index in [1.807, 2.05) is 14.1 Å². The van der Waals surface area contributed by atoms with Gasteiger partial charge in [-0.15, -0.1) is 0 Å². The standard InChI is InChI=1S/C13H20FN3/c1-15-7-11-6-12(14)8-16-13(11)17(2)9-10-4-3-5-10/h6,8,10,15H,3-5,7,9H2,1-2H3. The molecule has 0 aromatic carbocycles. The summed E-state index contributed by atoms with van der Waals surface area (Å²) in [6, 6.07) is 1.57. The Hall–Kier alpha value is -1.16. The number of hydrogen-bond donors (Lipinski definition) is 1. The van der Waals surface area contributed by atoms with E-state index in [-0.39, 0.29) is 5.82 Å².